The van der Waals surface area contributed by atoms with Crippen molar-refractivity contribution in [3.63, 3.8) is 0 Å². The lowest BCUT2D eigenvalue weighted by molar-refractivity contribution is 0.0749. The van der Waals surface area contributed by atoms with Crippen molar-refractivity contribution >= 4 is 53.7 Å². The first-order valence-corrected chi connectivity index (χ1v) is 8.78. The van der Waals surface area contributed by atoms with Gasteiger partial charge in [-0.2, -0.15) is 0 Å². The molecule has 0 radical (unpaired) electrons. The lowest BCUT2D eigenvalue weighted by atomic mass is 10.1. The molecule has 6 nitrogen and oxygen atoms in total. The van der Waals surface area contributed by atoms with Crippen molar-refractivity contribution in [1.29, 1.82) is 0 Å². The zero-order valence-electron chi connectivity index (χ0n) is 14.3. The second kappa shape index (κ2) is 9.87. The number of anilines is 1. The minimum Gasteiger partial charge on any atom is -0.335 e. The van der Waals surface area contributed by atoms with Gasteiger partial charge in [-0.1, -0.05) is 0 Å². The number of nitrogens with one attached hydrogen (secondary N) is 1. The Morgan fingerprint density at radius 1 is 1.31 bits per heavy atom. The second-order valence-electron chi connectivity index (χ2n) is 6.00. The Bertz CT molecular complexity index is 741. The van der Waals surface area contributed by atoms with Crippen molar-refractivity contribution in [1.82, 2.24) is 9.88 Å². The topological polar surface area (TPSA) is 88.3 Å². The van der Waals surface area contributed by atoms with Crippen LogP contribution in [0.2, 0.25) is 0 Å². The third-order valence-electron chi connectivity index (χ3n) is 4.31. The summed E-state index contributed by atoms with van der Waals surface area (Å²) in [6, 6.07) is 5.20. The summed E-state index contributed by atoms with van der Waals surface area (Å²) < 4.78 is 0. The zero-order valence-corrected chi connectivity index (χ0v) is 16.7. The van der Waals surface area contributed by atoms with Gasteiger partial charge in [0.1, 0.15) is 4.88 Å². The number of pyridine rings is 1. The van der Waals surface area contributed by atoms with Crippen LogP contribution in [0.4, 0.5) is 5.69 Å². The number of likely N-dealkylation sites (tertiary alicyclic amines) is 1. The molecule has 3 heterocycles. The molecule has 2 unspecified atom stereocenters. The molecule has 1 aliphatic heterocycles. The van der Waals surface area contributed by atoms with Gasteiger partial charge >= 0.3 is 0 Å². The largest absolute Gasteiger partial charge is 0.335 e. The molecular weight excluding hydrogens is 395 g/mol. The van der Waals surface area contributed by atoms with E-state index in [2.05, 4.69) is 10.3 Å². The number of carbonyl (C=O) groups is 2. The predicted octanol–water partition coefficient (Wildman–Crippen LogP) is 3.05. The fraction of sp³-hybridized carbons (Fsp3) is 0.353. The number of nitrogens with zero attached hydrogens (tertiary/aromatic N) is 2. The molecule has 0 saturated carbocycles. The minimum absolute atomic E-state index is 0. The summed E-state index contributed by atoms with van der Waals surface area (Å²) >= 11 is 1.34. The highest BCUT2D eigenvalue weighted by atomic mass is 35.5. The molecule has 1 saturated heterocycles. The van der Waals surface area contributed by atoms with Gasteiger partial charge in [0.05, 0.1) is 5.69 Å². The molecule has 3 N–H and O–H groups in total. The van der Waals surface area contributed by atoms with Gasteiger partial charge in [0.25, 0.3) is 11.8 Å². The molecule has 0 aromatic carbocycles. The third kappa shape index (κ3) is 4.73. The third-order valence-corrected chi connectivity index (χ3v) is 5.21. The van der Waals surface area contributed by atoms with Crippen LogP contribution in [0.3, 0.4) is 0 Å². The summed E-state index contributed by atoms with van der Waals surface area (Å²) in [6.07, 6.45) is 4.05. The predicted molar refractivity (Wildman–Crippen MR) is 109 cm³/mol. The number of nitrogens with two attached hydrogens (primary N) is 1. The van der Waals surface area contributed by atoms with E-state index in [0.717, 1.165) is 6.42 Å². The van der Waals surface area contributed by atoms with Crippen LogP contribution in [0.1, 0.15) is 33.4 Å². The molecule has 3 rings (SSSR count). The SMILES string of the molecule is CC1CC(CN)CN1C(=O)c1sccc1NC(=O)c1ccncc1.Cl.Cl. The molecule has 2 amide bonds. The van der Waals surface area contributed by atoms with Crippen LogP contribution in [-0.4, -0.2) is 40.8 Å². The Morgan fingerprint density at radius 2 is 2.00 bits per heavy atom. The highest BCUT2D eigenvalue weighted by Gasteiger charge is 2.33. The summed E-state index contributed by atoms with van der Waals surface area (Å²) in [5.74, 6) is 0.0522. The summed E-state index contributed by atoms with van der Waals surface area (Å²) in [4.78, 5) is 31.5. The number of rotatable bonds is 4. The number of halogens is 2. The van der Waals surface area contributed by atoms with E-state index in [4.69, 9.17) is 5.73 Å². The highest BCUT2D eigenvalue weighted by molar-refractivity contribution is 7.12. The average molecular weight is 417 g/mol. The van der Waals surface area contributed by atoms with Crippen molar-refractivity contribution < 1.29 is 9.59 Å². The molecule has 9 heteroatoms. The van der Waals surface area contributed by atoms with Crippen LogP contribution in [-0.2, 0) is 0 Å². The van der Waals surface area contributed by atoms with Gasteiger partial charge in [0, 0.05) is 30.5 Å². The minimum atomic E-state index is -0.251. The molecule has 2 aromatic rings. The van der Waals surface area contributed by atoms with Gasteiger partial charge in [0.15, 0.2) is 0 Å². The van der Waals surface area contributed by atoms with Gasteiger partial charge in [-0.15, -0.1) is 36.2 Å². The zero-order chi connectivity index (χ0) is 17.1. The summed E-state index contributed by atoms with van der Waals surface area (Å²) in [5, 5.41) is 4.64. The molecule has 1 fully saturated rings. The average Bonchev–Trinajstić information content (AvgIpc) is 3.21. The van der Waals surface area contributed by atoms with E-state index in [1.807, 2.05) is 17.2 Å². The van der Waals surface area contributed by atoms with E-state index in [1.54, 1.807) is 30.6 Å². The molecule has 0 spiro atoms. The maximum atomic E-state index is 12.9. The number of amides is 2. The fourth-order valence-corrected chi connectivity index (χ4v) is 3.80. The maximum absolute atomic E-state index is 12.9. The van der Waals surface area contributed by atoms with Gasteiger partial charge in [-0.3, -0.25) is 14.6 Å². The smallest absolute Gasteiger partial charge is 0.266 e. The Balaban J connectivity index is 0.00000169. The van der Waals surface area contributed by atoms with E-state index in [0.29, 0.717) is 35.1 Å². The van der Waals surface area contributed by atoms with Crippen molar-refractivity contribution in [2.75, 3.05) is 18.4 Å². The van der Waals surface area contributed by atoms with E-state index < -0.39 is 0 Å². The van der Waals surface area contributed by atoms with Gasteiger partial charge in [-0.05, 0) is 49.4 Å². The quantitative estimate of drug-likeness (QED) is 0.801. The molecule has 0 bridgehead atoms. The summed E-state index contributed by atoms with van der Waals surface area (Å²) in [7, 11) is 0. The molecule has 0 aliphatic carbocycles. The first-order chi connectivity index (χ1) is 11.6. The summed E-state index contributed by atoms with van der Waals surface area (Å²) in [6.45, 7) is 3.30. The fourth-order valence-electron chi connectivity index (χ4n) is 3.00. The Labute approximate surface area is 169 Å². The van der Waals surface area contributed by atoms with E-state index >= 15 is 0 Å². The summed E-state index contributed by atoms with van der Waals surface area (Å²) in [5.41, 5.74) is 6.80. The van der Waals surface area contributed by atoms with Gasteiger partial charge in [0.2, 0.25) is 0 Å². The lowest BCUT2D eigenvalue weighted by Crippen LogP contribution is -2.34. The van der Waals surface area contributed by atoms with E-state index in [9.17, 15) is 9.59 Å². The second-order valence-corrected chi connectivity index (χ2v) is 6.91. The molecule has 1 aliphatic rings. The normalized spacial score (nSPS) is 18.6. The Morgan fingerprint density at radius 3 is 2.62 bits per heavy atom. The number of aromatic nitrogens is 1. The van der Waals surface area contributed by atoms with Crippen LogP contribution >= 0.6 is 36.2 Å². The Hall–Kier alpha value is -1.67. The first-order valence-electron chi connectivity index (χ1n) is 7.90. The standard InChI is InChI=1S/C17H20N4O2S.2ClH/c1-11-8-12(9-18)10-21(11)17(23)15-14(4-7-24-15)20-16(22)13-2-5-19-6-3-13;;/h2-7,11-12H,8-10,18H2,1H3,(H,20,22);2*1H. The molecule has 26 heavy (non-hydrogen) atoms. The maximum Gasteiger partial charge on any atom is 0.266 e. The van der Waals surface area contributed by atoms with Crippen LogP contribution < -0.4 is 11.1 Å². The van der Waals surface area contributed by atoms with Crippen LogP contribution in [0.25, 0.3) is 0 Å². The number of thiophene rings is 1. The van der Waals surface area contributed by atoms with Crippen molar-refractivity contribution in [3.05, 3.63) is 46.4 Å². The number of carbonyl (C=O) groups excluding carboxylic acids is 2. The monoisotopic (exact) mass is 416 g/mol. The van der Waals surface area contributed by atoms with Crippen LogP contribution in [0, 0.1) is 5.92 Å². The first kappa shape index (κ1) is 22.4. The van der Waals surface area contributed by atoms with Gasteiger partial charge in [-0.25, -0.2) is 0 Å². The van der Waals surface area contributed by atoms with E-state index in [-0.39, 0.29) is 42.7 Å². The van der Waals surface area contributed by atoms with E-state index in [1.165, 1.54) is 11.3 Å². The molecular formula is C17H22Cl2N4O2S. The van der Waals surface area contributed by atoms with Gasteiger partial charge < -0.3 is 16.0 Å². The molecule has 2 aromatic heterocycles. The lowest BCUT2D eigenvalue weighted by Gasteiger charge is -2.21. The number of hydrogen-bond acceptors (Lipinski definition) is 5. The Kier molecular flexibility index (Phi) is 8.49. The highest BCUT2D eigenvalue weighted by Crippen LogP contribution is 2.29. The number of hydrogen-bond donors (Lipinski definition) is 2. The molecule has 2 atom stereocenters. The van der Waals surface area contributed by atoms with Crippen LogP contribution in [0.5, 0.6) is 0 Å². The molecule has 142 valence electrons. The van der Waals surface area contributed by atoms with Crippen molar-refractivity contribution in [3.8, 4) is 0 Å². The van der Waals surface area contributed by atoms with Crippen molar-refractivity contribution in [2.24, 2.45) is 11.7 Å². The van der Waals surface area contributed by atoms with Crippen LogP contribution in [0.15, 0.2) is 36.0 Å². The van der Waals surface area contributed by atoms with Crippen molar-refractivity contribution in [2.45, 2.75) is 19.4 Å².